The topological polar surface area (TPSA) is 68.2 Å². The summed E-state index contributed by atoms with van der Waals surface area (Å²) in [5.41, 5.74) is 0. The Morgan fingerprint density at radius 1 is 1.14 bits per heavy atom. The van der Waals surface area contributed by atoms with Crippen molar-refractivity contribution in [3.05, 3.63) is 0 Å². The van der Waals surface area contributed by atoms with Crippen LogP contribution in [0, 0.1) is 0 Å². The molecule has 0 aromatic heterocycles. The molecule has 0 aromatic rings. The quantitative estimate of drug-likeness (QED) is 0.511. The Hall–Kier alpha value is -0.200. The Bertz CT molecular complexity index is 261. The van der Waals surface area contributed by atoms with Crippen LogP contribution >= 0.6 is 0 Å². The van der Waals surface area contributed by atoms with Crippen molar-refractivity contribution in [1.82, 2.24) is 0 Å². The van der Waals surface area contributed by atoms with Crippen molar-refractivity contribution in [3.8, 4) is 0 Å². The Morgan fingerprint density at radius 3 is 2.50 bits per heavy atom. The minimum absolute atomic E-state index is 0.0829. The lowest BCUT2D eigenvalue weighted by Crippen LogP contribution is -2.32. The van der Waals surface area contributed by atoms with E-state index in [0.717, 1.165) is 12.8 Å². The summed E-state index contributed by atoms with van der Waals surface area (Å²) < 4.78 is 17.0. The molecule has 0 radical (unpaired) electrons. The van der Waals surface area contributed by atoms with E-state index < -0.39 is 6.10 Å². The maximum atomic E-state index is 9.28. The normalized spacial score (nSPS) is 24.5. The van der Waals surface area contributed by atoms with Crippen LogP contribution in [0.25, 0.3) is 0 Å². The number of aliphatic hydroxyl groups excluding tert-OH is 2. The van der Waals surface area contributed by atoms with Gasteiger partial charge in [0.1, 0.15) is 12.2 Å². The molecule has 2 N–H and O–H groups in total. The fourth-order valence-electron chi connectivity index (χ4n) is 2.56. The Labute approximate surface area is 135 Å². The average molecular weight is 318 g/mol. The van der Waals surface area contributed by atoms with E-state index in [1.54, 1.807) is 0 Å². The molecular weight excluding hydrogens is 284 g/mol. The lowest BCUT2D eigenvalue weighted by atomic mass is 10.1. The summed E-state index contributed by atoms with van der Waals surface area (Å²) in [5.74, 6) is 0. The third kappa shape index (κ3) is 8.44. The van der Waals surface area contributed by atoms with E-state index in [2.05, 4.69) is 6.92 Å². The van der Waals surface area contributed by atoms with E-state index in [0.29, 0.717) is 6.61 Å². The first kappa shape index (κ1) is 19.8. The molecule has 5 nitrogen and oxygen atoms in total. The molecule has 22 heavy (non-hydrogen) atoms. The van der Waals surface area contributed by atoms with Gasteiger partial charge in [-0.25, -0.2) is 0 Å². The molecule has 0 saturated carbocycles. The van der Waals surface area contributed by atoms with Crippen LogP contribution in [-0.2, 0) is 14.2 Å². The van der Waals surface area contributed by atoms with Crippen molar-refractivity contribution in [1.29, 1.82) is 0 Å². The van der Waals surface area contributed by atoms with E-state index in [9.17, 15) is 5.11 Å². The van der Waals surface area contributed by atoms with Gasteiger partial charge in [-0.2, -0.15) is 0 Å². The first-order valence-electron chi connectivity index (χ1n) is 8.85. The van der Waals surface area contributed by atoms with E-state index >= 15 is 0 Å². The van der Waals surface area contributed by atoms with Crippen molar-refractivity contribution < 1.29 is 24.4 Å². The molecule has 1 heterocycles. The van der Waals surface area contributed by atoms with Crippen molar-refractivity contribution >= 4 is 0 Å². The van der Waals surface area contributed by atoms with E-state index in [-0.39, 0.29) is 31.7 Å². The van der Waals surface area contributed by atoms with Gasteiger partial charge in [-0.05, 0) is 19.8 Å². The molecule has 5 heteroatoms. The number of aliphatic hydroxyl groups is 2. The van der Waals surface area contributed by atoms with Gasteiger partial charge in [0.15, 0.2) is 6.29 Å². The summed E-state index contributed by atoms with van der Waals surface area (Å²) in [4.78, 5) is 0. The molecule has 0 amide bonds. The van der Waals surface area contributed by atoms with Crippen LogP contribution in [0.1, 0.15) is 65.2 Å². The van der Waals surface area contributed by atoms with Gasteiger partial charge in [-0.3, -0.25) is 0 Å². The van der Waals surface area contributed by atoms with Crippen LogP contribution in [0.4, 0.5) is 0 Å². The summed E-state index contributed by atoms with van der Waals surface area (Å²) in [6, 6.07) is 0. The molecule has 0 aliphatic carbocycles. The maximum Gasteiger partial charge on any atom is 0.158 e. The van der Waals surface area contributed by atoms with Gasteiger partial charge in [0.2, 0.25) is 0 Å². The molecule has 2 unspecified atom stereocenters. The fourth-order valence-corrected chi connectivity index (χ4v) is 2.56. The van der Waals surface area contributed by atoms with Crippen molar-refractivity contribution in [2.75, 3.05) is 19.8 Å². The van der Waals surface area contributed by atoms with Crippen LogP contribution in [-0.4, -0.2) is 54.6 Å². The molecule has 132 valence electrons. The lowest BCUT2D eigenvalue weighted by molar-refractivity contribution is -0.105. The minimum atomic E-state index is -0.826. The van der Waals surface area contributed by atoms with E-state index in [4.69, 9.17) is 19.3 Å². The number of unbranched alkanes of at least 4 members (excludes halogenated alkanes) is 6. The van der Waals surface area contributed by atoms with Gasteiger partial charge < -0.3 is 24.4 Å². The summed E-state index contributed by atoms with van der Waals surface area (Å²) in [7, 11) is 0. The summed E-state index contributed by atoms with van der Waals surface area (Å²) >= 11 is 0. The highest BCUT2D eigenvalue weighted by molar-refractivity contribution is 4.72. The fraction of sp³-hybridized carbons (Fsp3) is 1.00. The third-order valence-corrected chi connectivity index (χ3v) is 4.10. The molecule has 4 atom stereocenters. The van der Waals surface area contributed by atoms with Gasteiger partial charge in [-0.1, -0.05) is 45.4 Å². The van der Waals surface area contributed by atoms with Gasteiger partial charge >= 0.3 is 0 Å². The van der Waals surface area contributed by atoms with Crippen LogP contribution in [0.3, 0.4) is 0 Å². The van der Waals surface area contributed by atoms with E-state index in [1.165, 1.54) is 38.5 Å². The highest BCUT2D eigenvalue weighted by Gasteiger charge is 2.30. The first-order chi connectivity index (χ1) is 10.7. The molecule has 0 spiro atoms. The Balaban J connectivity index is 2.02. The summed E-state index contributed by atoms with van der Waals surface area (Å²) in [6.07, 6.45) is 8.78. The van der Waals surface area contributed by atoms with Crippen LogP contribution in [0.2, 0.25) is 0 Å². The molecule has 1 saturated heterocycles. The highest BCUT2D eigenvalue weighted by atomic mass is 16.7. The predicted octanol–water partition coefficient (Wildman–Crippen LogP) is 2.63. The molecule has 1 aliphatic rings. The number of ether oxygens (including phenoxy) is 3. The highest BCUT2D eigenvalue weighted by Crippen LogP contribution is 2.21. The van der Waals surface area contributed by atoms with Gasteiger partial charge in [0, 0.05) is 0 Å². The smallest absolute Gasteiger partial charge is 0.158 e. The molecular formula is C17H34O5. The largest absolute Gasteiger partial charge is 0.394 e. The lowest BCUT2D eigenvalue weighted by Gasteiger charge is -2.20. The number of hydrogen-bond acceptors (Lipinski definition) is 5. The zero-order valence-corrected chi connectivity index (χ0v) is 14.2. The number of rotatable bonds is 13. The monoisotopic (exact) mass is 318 g/mol. The van der Waals surface area contributed by atoms with E-state index in [1.807, 2.05) is 6.92 Å². The molecule has 0 bridgehead atoms. The first-order valence-corrected chi connectivity index (χ1v) is 8.85. The predicted molar refractivity (Wildman–Crippen MR) is 85.7 cm³/mol. The summed E-state index contributed by atoms with van der Waals surface area (Å²) in [5, 5.41) is 18.0. The summed E-state index contributed by atoms with van der Waals surface area (Å²) in [6.45, 7) is 4.53. The van der Waals surface area contributed by atoms with Gasteiger partial charge in [0.05, 0.1) is 25.9 Å². The Morgan fingerprint density at radius 2 is 1.82 bits per heavy atom. The average Bonchev–Trinajstić information content (AvgIpc) is 3.00. The van der Waals surface area contributed by atoms with Crippen LogP contribution in [0.15, 0.2) is 0 Å². The zero-order valence-electron chi connectivity index (χ0n) is 14.2. The molecule has 1 rings (SSSR count). The van der Waals surface area contributed by atoms with Crippen LogP contribution < -0.4 is 0 Å². The number of hydrogen-bond donors (Lipinski definition) is 2. The second-order valence-corrected chi connectivity index (χ2v) is 6.22. The van der Waals surface area contributed by atoms with Crippen molar-refractivity contribution in [2.24, 2.45) is 0 Å². The minimum Gasteiger partial charge on any atom is -0.394 e. The zero-order chi connectivity index (χ0) is 16.2. The second kappa shape index (κ2) is 12.3. The van der Waals surface area contributed by atoms with Crippen LogP contribution in [0.5, 0.6) is 0 Å². The van der Waals surface area contributed by atoms with Crippen molar-refractivity contribution in [2.45, 2.75) is 89.8 Å². The maximum absolute atomic E-state index is 9.28. The molecule has 0 aromatic carbocycles. The molecule has 1 fully saturated rings. The third-order valence-electron chi connectivity index (χ3n) is 4.10. The van der Waals surface area contributed by atoms with Crippen molar-refractivity contribution in [3.63, 3.8) is 0 Å². The second-order valence-electron chi connectivity index (χ2n) is 6.22. The van der Waals surface area contributed by atoms with Gasteiger partial charge in [-0.15, -0.1) is 0 Å². The molecule has 1 aliphatic heterocycles. The standard InChI is InChI=1S/C17H34O5/c1-3-4-5-6-7-8-9-10-17-21-13-16(22-17)14(2)20-12-15(19)11-18/h14-19H,3-13H2,1-2H3/t14-,15-,16?,17?/m0/s1. The SMILES string of the molecule is CCCCCCCCCC1OCC([C@H](C)OC[C@@H](O)CO)O1. The van der Waals surface area contributed by atoms with Gasteiger partial charge in [0.25, 0.3) is 0 Å². The Kier molecular flexibility index (Phi) is 11.1.